The number of carboxylic acids is 1. The van der Waals surface area contributed by atoms with Crippen LogP contribution in [0.4, 0.5) is 0 Å². The van der Waals surface area contributed by atoms with Crippen molar-refractivity contribution < 1.29 is 23.1 Å². The van der Waals surface area contributed by atoms with Crippen LogP contribution in [0.1, 0.15) is 33.6 Å². The Morgan fingerprint density at radius 1 is 1.37 bits per heavy atom. The molecule has 1 aliphatic rings. The molecule has 0 saturated carbocycles. The lowest BCUT2D eigenvalue weighted by Gasteiger charge is -2.33. The van der Waals surface area contributed by atoms with Gasteiger partial charge in [-0.05, 0) is 33.6 Å². The topological polar surface area (TPSA) is 95.9 Å². The molecule has 1 rings (SSSR count). The van der Waals surface area contributed by atoms with Crippen LogP contribution in [-0.4, -0.2) is 55.1 Å². The van der Waals surface area contributed by atoms with Crippen LogP contribution < -0.4 is 4.72 Å². The Labute approximate surface area is 114 Å². The van der Waals surface area contributed by atoms with Crippen LogP contribution in [0.15, 0.2) is 0 Å². The Balaban J connectivity index is 2.47. The van der Waals surface area contributed by atoms with E-state index in [-0.39, 0.29) is 12.7 Å². The second-order valence-electron chi connectivity index (χ2n) is 5.66. The molecular formula is C11H22N2O5S. The van der Waals surface area contributed by atoms with Gasteiger partial charge in [0.1, 0.15) is 6.61 Å². The molecular weight excluding hydrogens is 272 g/mol. The van der Waals surface area contributed by atoms with Gasteiger partial charge in [-0.2, -0.15) is 17.4 Å². The van der Waals surface area contributed by atoms with E-state index in [9.17, 15) is 13.2 Å². The summed E-state index contributed by atoms with van der Waals surface area (Å²) in [5, 5.41) is 8.51. The summed E-state index contributed by atoms with van der Waals surface area (Å²) in [4.78, 5) is 10.4. The fourth-order valence-electron chi connectivity index (χ4n) is 1.88. The highest BCUT2D eigenvalue weighted by Crippen LogP contribution is 2.17. The normalized spacial score (nSPS) is 19.5. The Hall–Kier alpha value is -0.700. The minimum atomic E-state index is -3.48. The Morgan fingerprint density at radius 2 is 1.89 bits per heavy atom. The van der Waals surface area contributed by atoms with Crippen LogP contribution in [0, 0.1) is 0 Å². The zero-order valence-electron chi connectivity index (χ0n) is 11.5. The number of piperidine rings is 1. The molecule has 0 bridgehead atoms. The fourth-order valence-corrected chi connectivity index (χ4v) is 3.47. The van der Waals surface area contributed by atoms with Gasteiger partial charge in [0.05, 0.1) is 6.10 Å². The molecule has 2 N–H and O–H groups in total. The molecule has 0 aromatic heterocycles. The first-order chi connectivity index (χ1) is 8.60. The van der Waals surface area contributed by atoms with Crippen molar-refractivity contribution in [2.75, 3.05) is 19.7 Å². The standard InChI is InChI=1S/C11H22N2O5S/c1-11(2,3)12-19(16,17)13-6-4-9(5-7-13)18-8-10(14)15/h9,12H,4-8H2,1-3H3,(H,14,15). The van der Waals surface area contributed by atoms with Crippen LogP contribution in [0.25, 0.3) is 0 Å². The molecule has 112 valence electrons. The van der Waals surface area contributed by atoms with Crippen molar-refractivity contribution in [1.29, 1.82) is 0 Å². The van der Waals surface area contributed by atoms with Crippen molar-refractivity contribution in [3.63, 3.8) is 0 Å². The molecule has 8 heteroatoms. The Bertz CT molecular complexity index is 407. The summed E-state index contributed by atoms with van der Waals surface area (Å²) in [5.74, 6) is -1.01. The van der Waals surface area contributed by atoms with Crippen LogP contribution in [0.5, 0.6) is 0 Å². The highest BCUT2D eigenvalue weighted by atomic mass is 32.2. The molecule has 0 atom stereocenters. The largest absolute Gasteiger partial charge is 0.480 e. The lowest BCUT2D eigenvalue weighted by Crippen LogP contribution is -2.51. The van der Waals surface area contributed by atoms with E-state index in [1.807, 2.05) is 0 Å². The van der Waals surface area contributed by atoms with Gasteiger partial charge in [-0.1, -0.05) is 0 Å². The molecule has 0 unspecified atom stereocenters. The van der Waals surface area contributed by atoms with E-state index >= 15 is 0 Å². The van der Waals surface area contributed by atoms with Crippen molar-refractivity contribution >= 4 is 16.2 Å². The second kappa shape index (κ2) is 6.17. The van der Waals surface area contributed by atoms with E-state index in [0.29, 0.717) is 25.9 Å². The predicted octanol–water partition coefficient (Wildman–Crippen LogP) is 0.185. The van der Waals surface area contributed by atoms with Crippen LogP contribution in [0.2, 0.25) is 0 Å². The van der Waals surface area contributed by atoms with Gasteiger partial charge in [0, 0.05) is 18.6 Å². The molecule has 1 saturated heterocycles. The monoisotopic (exact) mass is 294 g/mol. The molecule has 0 aromatic rings. The average Bonchev–Trinajstić information content (AvgIpc) is 2.23. The first kappa shape index (κ1) is 16.4. The zero-order valence-corrected chi connectivity index (χ0v) is 12.4. The summed E-state index contributed by atoms with van der Waals surface area (Å²) in [7, 11) is -3.48. The van der Waals surface area contributed by atoms with Crippen LogP contribution in [0.3, 0.4) is 0 Å². The summed E-state index contributed by atoms with van der Waals surface area (Å²) in [6.45, 7) is 5.71. The van der Waals surface area contributed by atoms with E-state index in [4.69, 9.17) is 9.84 Å². The van der Waals surface area contributed by atoms with Crippen molar-refractivity contribution in [2.24, 2.45) is 0 Å². The fraction of sp³-hybridized carbons (Fsp3) is 0.909. The third-order valence-electron chi connectivity index (χ3n) is 2.62. The SMILES string of the molecule is CC(C)(C)NS(=O)(=O)N1CCC(OCC(=O)O)CC1. The molecule has 1 aliphatic heterocycles. The molecule has 1 fully saturated rings. The van der Waals surface area contributed by atoms with Crippen molar-refractivity contribution in [1.82, 2.24) is 9.03 Å². The van der Waals surface area contributed by atoms with E-state index < -0.39 is 21.7 Å². The molecule has 0 radical (unpaired) electrons. The first-order valence-electron chi connectivity index (χ1n) is 6.22. The van der Waals surface area contributed by atoms with Gasteiger partial charge in [-0.3, -0.25) is 0 Å². The number of hydrogen-bond donors (Lipinski definition) is 2. The van der Waals surface area contributed by atoms with Gasteiger partial charge in [0.25, 0.3) is 10.2 Å². The smallest absolute Gasteiger partial charge is 0.329 e. The van der Waals surface area contributed by atoms with Gasteiger partial charge in [-0.15, -0.1) is 0 Å². The van der Waals surface area contributed by atoms with E-state index in [0.717, 1.165) is 0 Å². The lowest BCUT2D eigenvalue weighted by atomic mass is 10.1. The summed E-state index contributed by atoms with van der Waals surface area (Å²) in [5.41, 5.74) is -0.518. The minimum Gasteiger partial charge on any atom is -0.480 e. The number of nitrogens with one attached hydrogen (secondary N) is 1. The van der Waals surface area contributed by atoms with E-state index in [2.05, 4.69) is 4.72 Å². The van der Waals surface area contributed by atoms with Gasteiger partial charge >= 0.3 is 5.97 Å². The number of rotatable bonds is 5. The van der Waals surface area contributed by atoms with Gasteiger partial charge < -0.3 is 9.84 Å². The highest BCUT2D eigenvalue weighted by Gasteiger charge is 2.31. The maximum absolute atomic E-state index is 12.1. The second-order valence-corrected chi connectivity index (χ2v) is 7.33. The number of carboxylic acid groups (broad SMARTS) is 1. The molecule has 7 nitrogen and oxygen atoms in total. The molecule has 1 heterocycles. The van der Waals surface area contributed by atoms with E-state index in [1.165, 1.54) is 4.31 Å². The maximum atomic E-state index is 12.1. The van der Waals surface area contributed by atoms with Crippen LogP contribution in [-0.2, 0) is 19.7 Å². The number of carbonyl (C=O) groups is 1. The Morgan fingerprint density at radius 3 is 2.32 bits per heavy atom. The third-order valence-corrected chi connectivity index (χ3v) is 4.53. The van der Waals surface area contributed by atoms with Crippen molar-refractivity contribution in [3.05, 3.63) is 0 Å². The van der Waals surface area contributed by atoms with Crippen molar-refractivity contribution in [3.8, 4) is 0 Å². The molecule has 0 aromatic carbocycles. The number of hydrogen-bond acceptors (Lipinski definition) is 4. The first-order valence-corrected chi connectivity index (χ1v) is 7.66. The molecule has 0 aliphatic carbocycles. The van der Waals surface area contributed by atoms with Crippen LogP contribution >= 0.6 is 0 Å². The van der Waals surface area contributed by atoms with E-state index in [1.54, 1.807) is 20.8 Å². The summed E-state index contributed by atoms with van der Waals surface area (Å²) >= 11 is 0. The van der Waals surface area contributed by atoms with Gasteiger partial charge in [-0.25, -0.2) is 4.79 Å². The van der Waals surface area contributed by atoms with Gasteiger partial charge in [0.15, 0.2) is 0 Å². The summed E-state index contributed by atoms with van der Waals surface area (Å²) < 4.78 is 33.2. The van der Waals surface area contributed by atoms with Gasteiger partial charge in [0.2, 0.25) is 0 Å². The number of ether oxygens (including phenoxy) is 1. The average molecular weight is 294 g/mol. The molecule has 0 amide bonds. The quantitative estimate of drug-likeness (QED) is 0.754. The minimum absolute atomic E-state index is 0.183. The lowest BCUT2D eigenvalue weighted by molar-refractivity contribution is -0.145. The molecule has 0 spiro atoms. The number of aliphatic carboxylic acids is 1. The number of nitrogens with zero attached hydrogens (tertiary/aromatic N) is 1. The predicted molar refractivity (Wildman–Crippen MR) is 70.0 cm³/mol. The maximum Gasteiger partial charge on any atom is 0.329 e. The third kappa shape index (κ3) is 5.85. The van der Waals surface area contributed by atoms with Crippen molar-refractivity contribution in [2.45, 2.75) is 45.3 Å². The zero-order chi connectivity index (χ0) is 14.7. The highest BCUT2D eigenvalue weighted by molar-refractivity contribution is 7.87. The Kier molecular flexibility index (Phi) is 5.31. The molecule has 19 heavy (non-hydrogen) atoms. The summed E-state index contributed by atoms with van der Waals surface area (Å²) in [6.07, 6.45) is 0.841. The summed E-state index contributed by atoms with van der Waals surface area (Å²) in [6, 6.07) is 0.